The minimum Gasteiger partial charge on any atom is -0.0656 e. The molecule has 0 heterocycles. The quantitative estimate of drug-likeness (QED) is 0.174. The maximum Gasteiger partial charge on any atom is 0.177 e. The Labute approximate surface area is 287 Å². The van der Waals surface area contributed by atoms with Gasteiger partial charge in [-0.15, -0.1) is 0 Å². The Hall–Kier alpha value is -1.99. The molecule has 3 aromatic carbocycles. The van der Waals surface area contributed by atoms with Gasteiger partial charge in [-0.05, 0) is 89.4 Å². The Balaban J connectivity index is 2.47. The first-order valence-electron chi connectivity index (χ1n) is 17.6. The minimum absolute atomic E-state index is 0.412. The van der Waals surface area contributed by atoms with Crippen LogP contribution in [0.4, 0.5) is 0 Å². The largest absolute Gasteiger partial charge is 0.177 e. The van der Waals surface area contributed by atoms with Crippen molar-refractivity contribution >= 4 is 63.4 Å². The predicted octanol–water partition coefficient (Wildman–Crippen LogP) is 8.48. The molecule has 3 aromatic rings. The number of benzene rings is 3. The molecule has 0 saturated heterocycles. The van der Waals surface area contributed by atoms with Crippen molar-refractivity contribution in [2.45, 2.75) is 128 Å². The van der Waals surface area contributed by atoms with Gasteiger partial charge in [-0.25, -0.2) is 0 Å². The smallest absolute Gasteiger partial charge is 0.0656 e. The highest BCUT2D eigenvalue weighted by Gasteiger charge is 2.51. The van der Waals surface area contributed by atoms with Crippen molar-refractivity contribution in [2.24, 2.45) is 5.92 Å². The van der Waals surface area contributed by atoms with E-state index in [1.807, 2.05) is 0 Å². The highest BCUT2D eigenvalue weighted by molar-refractivity contribution is 7.17. The van der Waals surface area contributed by atoms with Crippen molar-refractivity contribution < 1.29 is 0 Å². The normalized spacial score (nSPS) is 16.6. The summed E-state index contributed by atoms with van der Waals surface area (Å²) in [5.74, 6) is 0.412. The molecular formula is C42H64Si4. The van der Waals surface area contributed by atoms with E-state index in [9.17, 15) is 0 Å². The van der Waals surface area contributed by atoms with E-state index in [0.29, 0.717) is 5.92 Å². The summed E-state index contributed by atoms with van der Waals surface area (Å²) in [7, 11) is -7.72. The van der Waals surface area contributed by atoms with Crippen molar-refractivity contribution in [1.82, 2.24) is 0 Å². The number of allylic oxidation sites excluding steroid dienone is 4. The molecule has 0 spiro atoms. The molecule has 0 aliphatic heterocycles. The van der Waals surface area contributed by atoms with Crippen LogP contribution >= 0.6 is 0 Å². The van der Waals surface area contributed by atoms with Gasteiger partial charge in [-0.2, -0.15) is 0 Å². The maximum atomic E-state index is 2.76. The number of aryl methyl sites for hydroxylation is 6. The van der Waals surface area contributed by atoms with Crippen LogP contribution < -0.4 is 31.1 Å². The first-order valence-corrected chi connectivity index (χ1v) is 30.1. The van der Waals surface area contributed by atoms with Gasteiger partial charge >= 0.3 is 0 Å². The number of hydrogen-bond donors (Lipinski definition) is 0. The van der Waals surface area contributed by atoms with Crippen LogP contribution in [0.15, 0.2) is 58.3 Å². The average Bonchev–Trinajstić information content (AvgIpc) is 3.07. The molecule has 0 nitrogen and oxygen atoms in total. The fraction of sp³-hybridized carbons (Fsp3) is 0.476. The van der Waals surface area contributed by atoms with Gasteiger partial charge in [0.25, 0.3) is 0 Å². The Kier molecular flexibility index (Phi) is 9.74. The molecule has 4 heteroatoms. The molecule has 1 unspecified atom stereocenters. The summed E-state index contributed by atoms with van der Waals surface area (Å²) >= 11 is 0. The molecule has 0 aromatic heterocycles. The molecule has 0 N–H and O–H groups in total. The van der Waals surface area contributed by atoms with E-state index >= 15 is 0 Å². The molecule has 0 radical (unpaired) electrons. The van der Waals surface area contributed by atoms with Gasteiger partial charge in [-0.3, -0.25) is 0 Å². The Bertz CT molecular complexity index is 1610. The summed E-state index contributed by atoms with van der Waals surface area (Å²) in [6.45, 7) is 47.1. The average molecular weight is 681 g/mol. The van der Waals surface area contributed by atoms with Crippen molar-refractivity contribution in [1.29, 1.82) is 0 Å². The molecular weight excluding hydrogens is 617 g/mol. The molecule has 0 fully saturated rings. The summed E-state index contributed by atoms with van der Waals surface area (Å²) in [4.78, 5) is 0. The maximum absolute atomic E-state index is 2.83. The van der Waals surface area contributed by atoms with Crippen LogP contribution in [0.5, 0.6) is 0 Å². The van der Waals surface area contributed by atoms with Crippen LogP contribution in [-0.2, 0) is 0 Å². The highest BCUT2D eigenvalue weighted by Crippen LogP contribution is 2.42. The molecule has 1 aliphatic rings. The van der Waals surface area contributed by atoms with E-state index in [-0.39, 0.29) is 0 Å². The molecule has 4 rings (SSSR count). The van der Waals surface area contributed by atoms with Crippen molar-refractivity contribution in [3.8, 4) is 0 Å². The van der Waals surface area contributed by atoms with Gasteiger partial charge in [0.05, 0.1) is 24.2 Å². The fourth-order valence-electron chi connectivity index (χ4n) is 9.03. The van der Waals surface area contributed by atoms with E-state index in [1.54, 1.807) is 47.5 Å². The van der Waals surface area contributed by atoms with Crippen molar-refractivity contribution in [3.05, 3.63) is 91.7 Å². The third kappa shape index (κ3) is 6.06. The SMILES string of the molecule is CC1=C(C)C(C)C([Si](c2cc([Si](C)(C)C)c(C)cc2C)(c2cc([Si](C)(C)C)c(C)cc2C)c2cc([Si](C)(C)C)c(C)cc2C)=C1C. The lowest BCUT2D eigenvalue weighted by molar-refractivity contribution is 0.851. The lowest BCUT2D eigenvalue weighted by Gasteiger charge is -2.43. The molecule has 248 valence electrons. The lowest BCUT2D eigenvalue weighted by Crippen LogP contribution is -2.73. The van der Waals surface area contributed by atoms with E-state index in [0.717, 1.165) is 0 Å². The van der Waals surface area contributed by atoms with Gasteiger partial charge in [0.15, 0.2) is 8.07 Å². The van der Waals surface area contributed by atoms with Crippen LogP contribution in [-0.4, -0.2) is 32.3 Å². The second-order valence-corrected chi connectivity index (χ2v) is 36.8. The third-order valence-electron chi connectivity index (χ3n) is 11.4. The fourth-order valence-corrected chi connectivity index (χ4v) is 21.4. The number of rotatable bonds is 7. The molecule has 46 heavy (non-hydrogen) atoms. The van der Waals surface area contributed by atoms with E-state index in [4.69, 9.17) is 0 Å². The van der Waals surface area contributed by atoms with Crippen molar-refractivity contribution in [2.75, 3.05) is 0 Å². The molecule has 1 atom stereocenters. The molecule has 1 aliphatic carbocycles. The van der Waals surface area contributed by atoms with E-state index in [1.165, 1.54) is 39.0 Å². The Morgan fingerprint density at radius 3 is 0.848 bits per heavy atom. The van der Waals surface area contributed by atoms with Gasteiger partial charge in [0, 0.05) is 0 Å². The third-order valence-corrected chi connectivity index (χ3v) is 23.5. The summed E-state index contributed by atoms with van der Waals surface area (Å²) in [6, 6.07) is 16.0. The van der Waals surface area contributed by atoms with E-state index in [2.05, 4.69) is 165 Å². The summed E-state index contributed by atoms with van der Waals surface area (Å²) in [5, 5.41) is 11.5. The zero-order valence-corrected chi connectivity index (χ0v) is 37.0. The van der Waals surface area contributed by atoms with Gasteiger partial charge in [0.1, 0.15) is 0 Å². The molecule has 0 saturated carbocycles. The van der Waals surface area contributed by atoms with Crippen molar-refractivity contribution in [3.63, 3.8) is 0 Å². The lowest BCUT2D eigenvalue weighted by atomic mass is 10.1. The van der Waals surface area contributed by atoms with E-state index < -0.39 is 32.3 Å². The minimum atomic E-state index is -2.83. The van der Waals surface area contributed by atoms with Gasteiger partial charge in [0.2, 0.25) is 0 Å². The highest BCUT2D eigenvalue weighted by atomic mass is 28.3. The summed E-state index contributed by atoms with van der Waals surface area (Å²) in [5.41, 5.74) is 13.5. The van der Waals surface area contributed by atoms with Gasteiger partial charge < -0.3 is 0 Å². The Morgan fingerprint density at radius 1 is 0.370 bits per heavy atom. The molecule has 0 amide bonds. The molecule has 0 bridgehead atoms. The van der Waals surface area contributed by atoms with Crippen LogP contribution in [0.1, 0.15) is 61.1 Å². The summed E-state index contributed by atoms with van der Waals surface area (Å²) < 4.78 is 0. The second-order valence-electron chi connectivity index (χ2n) is 18.0. The topological polar surface area (TPSA) is 0 Å². The van der Waals surface area contributed by atoms with Crippen LogP contribution in [0.25, 0.3) is 0 Å². The Morgan fingerprint density at radius 2 is 0.630 bits per heavy atom. The summed E-state index contributed by atoms with van der Waals surface area (Å²) in [6.07, 6.45) is 0. The zero-order valence-electron chi connectivity index (χ0n) is 33.0. The van der Waals surface area contributed by atoms with Gasteiger partial charge in [-0.1, -0.05) is 168 Å². The number of hydrogen-bond acceptors (Lipinski definition) is 0. The predicted molar refractivity (Wildman–Crippen MR) is 222 cm³/mol. The first kappa shape index (κ1) is 36.8. The standard InChI is InChI=1S/C42H64Si4/c1-26-20-29(4)39(23-36(26)43(11,12)13)46(42-34(9)32(7)33(8)35(42)10,40-24-37(44(14,15)16)27(2)21-30(40)5)41-25-38(45(17,18)19)28(3)22-31(41)6/h20-25,34H,1-19H3. The monoisotopic (exact) mass is 680 g/mol. The van der Waals surface area contributed by atoms with Crippen LogP contribution in [0.2, 0.25) is 58.9 Å². The van der Waals surface area contributed by atoms with Crippen LogP contribution in [0, 0.1) is 47.5 Å². The zero-order chi connectivity index (χ0) is 35.1. The second kappa shape index (κ2) is 12.2. The first-order chi connectivity index (χ1) is 20.9. The van der Waals surface area contributed by atoms with Crippen LogP contribution in [0.3, 0.4) is 0 Å².